The van der Waals surface area contributed by atoms with Crippen molar-refractivity contribution >= 4 is 10.0 Å². The van der Waals surface area contributed by atoms with Crippen LogP contribution >= 0.6 is 0 Å². The summed E-state index contributed by atoms with van der Waals surface area (Å²) in [7, 11) is -3.08. The molecule has 0 unspecified atom stereocenters. The van der Waals surface area contributed by atoms with Gasteiger partial charge in [-0.05, 0) is 45.3 Å². The number of hydrogen-bond acceptors (Lipinski definition) is 4. The summed E-state index contributed by atoms with van der Waals surface area (Å²) < 4.78 is 26.2. The van der Waals surface area contributed by atoms with Gasteiger partial charge < -0.3 is 5.32 Å². The Morgan fingerprint density at radius 1 is 1.16 bits per heavy atom. The van der Waals surface area contributed by atoms with Crippen molar-refractivity contribution in [3.05, 3.63) is 0 Å². The van der Waals surface area contributed by atoms with E-state index >= 15 is 0 Å². The van der Waals surface area contributed by atoms with E-state index in [4.69, 9.17) is 0 Å². The van der Waals surface area contributed by atoms with Crippen molar-refractivity contribution < 1.29 is 8.42 Å². The summed E-state index contributed by atoms with van der Waals surface area (Å²) in [5.41, 5.74) is 0. The van der Waals surface area contributed by atoms with Crippen LogP contribution in [-0.4, -0.2) is 57.8 Å². The van der Waals surface area contributed by atoms with Crippen LogP contribution in [0.2, 0.25) is 0 Å². The van der Waals surface area contributed by atoms with Crippen molar-refractivity contribution in [3.8, 4) is 0 Å². The van der Waals surface area contributed by atoms with E-state index < -0.39 is 10.0 Å². The van der Waals surface area contributed by atoms with Gasteiger partial charge in [0.15, 0.2) is 0 Å². The Balaban J connectivity index is 2.08. The van der Waals surface area contributed by atoms with E-state index in [-0.39, 0.29) is 5.75 Å². The molecule has 1 aliphatic carbocycles. The number of nitrogens with one attached hydrogen (secondary N) is 2. The second kappa shape index (κ2) is 8.89. The molecule has 0 heterocycles. The third kappa shape index (κ3) is 7.87. The maximum absolute atomic E-state index is 11.8. The topological polar surface area (TPSA) is 61.4 Å². The Bertz CT molecular complexity index is 329. The maximum Gasteiger partial charge on any atom is 0.211 e. The highest BCUT2D eigenvalue weighted by Crippen LogP contribution is 2.25. The zero-order chi connectivity index (χ0) is 14.1. The second-order valence-electron chi connectivity index (χ2n) is 5.13. The molecule has 114 valence electrons. The van der Waals surface area contributed by atoms with Crippen LogP contribution in [0.5, 0.6) is 0 Å². The molecule has 0 aliphatic heterocycles. The molecule has 0 aromatic heterocycles. The molecule has 0 amide bonds. The molecule has 5 nitrogen and oxygen atoms in total. The van der Waals surface area contributed by atoms with E-state index in [1.807, 2.05) is 0 Å². The molecule has 6 heteroatoms. The van der Waals surface area contributed by atoms with Crippen LogP contribution in [0.3, 0.4) is 0 Å². The maximum atomic E-state index is 11.8. The molecule has 0 saturated heterocycles. The van der Waals surface area contributed by atoms with E-state index in [0.29, 0.717) is 12.6 Å². The Labute approximate surface area is 118 Å². The van der Waals surface area contributed by atoms with E-state index in [1.54, 1.807) is 0 Å². The number of sulfonamides is 1. The molecule has 0 aromatic carbocycles. The first-order valence-electron chi connectivity index (χ1n) is 7.51. The van der Waals surface area contributed by atoms with Crippen LogP contribution in [0.15, 0.2) is 0 Å². The fourth-order valence-electron chi connectivity index (χ4n) is 2.17. The van der Waals surface area contributed by atoms with Crippen LogP contribution < -0.4 is 10.0 Å². The standard InChI is InChI=1S/C13H29N3O2S/c1-3-14-9-5-6-12-19(17,18)15-10-11-16(4-2)13-7-8-13/h13-15H,3-12H2,1-2H3. The summed E-state index contributed by atoms with van der Waals surface area (Å²) in [6.45, 7) is 8.41. The van der Waals surface area contributed by atoms with Gasteiger partial charge in [0.25, 0.3) is 0 Å². The van der Waals surface area contributed by atoms with E-state index in [1.165, 1.54) is 12.8 Å². The lowest BCUT2D eigenvalue weighted by Crippen LogP contribution is -2.37. The molecule has 0 spiro atoms. The van der Waals surface area contributed by atoms with Crippen LogP contribution in [-0.2, 0) is 10.0 Å². The summed E-state index contributed by atoms with van der Waals surface area (Å²) in [6.07, 6.45) is 4.18. The largest absolute Gasteiger partial charge is 0.317 e. The van der Waals surface area contributed by atoms with Gasteiger partial charge in [-0.3, -0.25) is 4.90 Å². The number of likely N-dealkylation sites (N-methyl/N-ethyl adjacent to an activating group) is 1. The minimum Gasteiger partial charge on any atom is -0.317 e. The van der Waals surface area contributed by atoms with Gasteiger partial charge in [-0.2, -0.15) is 0 Å². The quantitative estimate of drug-likeness (QED) is 0.522. The Kier molecular flexibility index (Phi) is 7.90. The lowest BCUT2D eigenvalue weighted by atomic mass is 10.3. The minimum absolute atomic E-state index is 0.244. The summed E-state index contributed by atoms with van der Waals surface area (Å²) in [4.78, 5) is 2.35. The molecule has 2 N–H and O–H groups in total. The van der Waals surface area contributed by atoms with E-state index in [9.17, 15) is 8.42 Å². The predicted molar refractivity (Wildman–Crippen MR) is 79.8 cm³/mol. The highest BCUT2D eigenvalue weighted by atomic mass is 32.2. The normalized spacial score (nSPS) is 16.2. The molecule has 1 aliphatic rings. The van der Waals surface area contributed by atoms with Crippen LogP contribution in [0, 0.1) is 0 Å². The average Bonchev–Trinajstić information content (AvgIpc) is 3.18. The molecule has 0 atom stereocenters. The number of rotatable bonds is 12. The first-order valence-corrected chi connectivity index (χ1v) is 9.16. The number of hydrogen-bond donors (Lipinski definition) is 2. The van der Waals surface area contributed by atoms with Crippen molar-refractivity contribution in [1.29, 1.82) is 0 Å². The SMILES string of the molecule is CCNCCCCS(=O)(=O)NCCN(CC)C1CC1. The van der Waals surface area contributed by atoms with Gasteiger partial charge in [0.05, 0.1) is 5.75 Å². The molecular formula is C13H29N3O2S. The zero-order valence-corrected chi connectivity index (χ0v) is 13.1. The zero-order valence-electron chi connectivity index (χ0n) is 12.3. The first-order chi connectivity index (χ1) is 9.09. The molecule has 0 radical (unpaired) electrons. The van der Waals surface area contributed by atoms with E-state index in [2.05, 4.69) is 28.8 Å². The van der Waals surface area contributed by atoms with Crippen molar-refractivity contribution in [1.82, 2.24) is 14.9 Å². The van der Waals surface area contributed by atoms with Gasteiger partial charge in [-0.1, -0.05) is 13.8 Å². The van der Waals surface area contributed by atoms with Crippen molar-refractivity contribution in [2.45, 2.75) is 45.6 Å². The van der Waals surface area contributed by atoms with Crippen LogP contribution in [0.25, 0.3) is 0 Å². The Morgan fingerprint density at radius 2 is 1.89 bits per heavy atom. The predicted octanol–water partition coefficient (Wildman–Crippen LogP) is 0.780. The summed E-state index contributed by atoms with van der Waals surface area (Å²) in [5, 5.41) is 3.20. The van der Waals surface area contributed by atoms with Crippen molar-refractivity contribution in [3.63, 3.8) is 0 Å². The fourth-order valence-corrected chi connectivity index (χ4v) is 3.31. The number of unbranched alkanes of at least 4 members (excludes halogenated alkanes) is 1. The van der Waals surface area contributed by atoms with Gasteiger partial charge in [-0.25, -0.2) is 13.1 Å². The Hall–Kier alpha value is -0.170. The molecule has 19 heavy (non-hydrogen) atoms. The van der Waals surface area contributed by atoms with Gasteiger partial charge in [0.2, 0.25) is 10.0 Å². The van der Waals surface area contributed by atoms with Crippen molar-refractivity contribution in [2.24, 2.45) is 0 Å². The fraction of sp³-hybridized carbons (Fsp3) is 1.00. The summed E-state index contributed by atoms with van der Waals surface area (Å²) in [5.74, 6) is 0.244. The smallest absolute Gasteiger partial charge is 0.211 e. The lowest BCUT2D eigenvalue weighted by Gasteiger charge is -2.19. The van der Waals surface area contributed by atoms with Crippen LogP contribution in [0.1, 0.15) is 39.5 Å². The highest BCUT2D eigenvalue weighted by Gasteiger charge is 2.27. The third-order valence-electron chi connectivity index (χ3n) is 3.46. The van der Waals surface area contributed by atoms with Crippen LogP contribution in [0.4, 0.5) is 0 Å². The summed E-state index contributed by atoms with van der Waals surface area (Å²) in [6, 6.07) is 0.703. The molecule has 1 rings (SSSR count). The molecule has 0 aromatic rings. The second-order valence-corrected chi connectivity index (χ2v) is 7.06. The minimum atomic E-state index is -3.08. The van der Waals surface area contributed by atoms with Gasteiger partial charge in [0, 0.05) is 19.1 Å². The lowest BCUT2D eigenvalue weighted by molar-refractivity contribution is 0.282. The van der Waals surface area contributed by atoms with Gasteiger partial charge >= 0.3 is 0 Å². The monoisotopic (exact) mass is 291 g/mol. The highest BCUT2D eigenvalue weighted by molar-refractivity contribution is 7.89. The Morgan fingerprint density at radius 3 is 2.47 bits per heavy atom. The van der Waals surface area contributed by atoms with E-state index in [0.717, 1.165) is 39.0 Å². The number of nitrogens with zero attached hydrogens (tertiary/aromatic N) is 1. The average molecular weight is 291 g/mol. The molecule has 0 bridgehead atoms. The van der Waals surface area contributed by atoms with Gasteiger partial charge in [0.1, 0.15) is 0 Å². The van der Waals surface area contributed by atoms with Crippen molar-refractivity contribution in [2.75, 3.05) is 38.5 Å². The summed E-state index contributed by atoms with van der Waals surface area (Å²) >= 11 is 0. The van der Waals surface area contributed by atoms with Gasteiger partial charge in [-0.15, -0.1) is 0 Å². The molecule has 1 saturated carbocycles. The molecular weight excluding hydrogens is 262 g/mol. The third-order valence-corrected chi connectivity index (χ3v) is 4.93. The molecule has 1 fully saturated rings. The first kappa shape index (κ1) is 16.9.